The number of benzene rings is 3. The molecule has 0 radical (unpaired) electrons. The molecule has 0 heterocycles. The van der Waals surface area contributed by atoms with Crippen LogP contribution in [-0.4, -0.2) is 13.2 Å². The average molecular weight is 333 g/mol. The number of ether oxygens (including phenoxy) is 2. The summed E-state index contributed by atoms with van der Waals surface area (Å²) in [4.78, 5) is 0. The summed E-state index contributed by atoms with van der Waals surface area (Å²) in [5, 5.41) is 0. The monoisotopic (exact) mass is 333 g/mol. The Morgan fingerprint density at radius 2 is 1.56 bits per heavy atom. The van der Waals surface area contributed by atoms with Crippen molar-refractivity contribution in [2.24, 2.45) is 5.73 Å². The van der Waals surface area contributed by atoms with E-state index in [2.05, 4.69) is 30.3 Å². The minimum absolute atomic E-state index is 0.511. The molecule has 0 fully saturated rings. The molecule has 0 saturated carbocycles. The van der Waals surface area contributed by atoms with Crippen LogP contribution in [0.5, 0.6) is 11.5 Å². The molecule has 0 spiro atoms. The SMILES string of the molecule is Cc1cc(-c2ccccc2OCc2ccccc2)ccc1OCCN. The maximum absolute atomic E-state index is 6.06. The third kappa shape index (κ3) is 4.40. The molecule has 3 rings (SSSR count). The summed E-state index contributed by atoms with van der Waals surface area (Å²) >= 11 is 0. The standard InChI is InChI=1S/C22H23NO2/c1-17-15-19(11-12-21(17)24-14-13-23)20-9-5-6-10-22(20)25-16-18-7-3-2-4-8-18/h2-12,15H,13-14,16,23H2,1H3. The summed E-state index contributed by atoms with van der Waals surface area (Å²) in [6, 6.07) is 24.5. The van der Waals surface area contributed by atoms with Crippen LogP contribution < -0.4 is 15.2 Å². The van der Waals surface area contributed by atoms with Crippen molar-refractivity contribution in [3.8, 4) is 22.6 Å². The van der Waals surface area contributed by atoms with Crippen LogP contribution >= 0.6 is 0 Å². The third-order valence-electron chi connectivity index (χ3n) is 3.99. The summed E-state index contributed by atoms with van der Waals surface area (Å²) in [7, 11) is 0. The highest BCUT2D eigenvalue weighted by Gasteiger charge is 2.08. The van der Waals surface area contributed by atoms with Gasteiger partial charge in [0, 0.05) is 12.1 Å². The Morgan fingerprint density at radius 3 is 2.32 bits per heavy atom. The Balaban J connectivity index is 1.81. The molecule has 3 heteroatoms. The first-order valence-corrected chi connectivity index (χ1v) is 8.47. The molecular formula is C22H23NO2. The molecule has 3 aromatic carbocycles. The molecule has 0 bridgehead atoms. The van der Waals surface area contributed by atoms with Crippen molar-refractivity contribution < 1.29 is 9.47 Å². The summed E-state index contributed by atoms with van der Waals surface area (Å²) in [6.07, 6.45) is 0. The van der Waals surface area contributed by atoms with Gasteiger partial charge in [-0.05, 0) is 41.8 Å². The van der Waals surface area contributed by atoms with Crippen molar-refractivity contribution in [1.82, 2.24) is 0 Å². The van der Waals surface area contributed by atoms with Gasteiger partial charge >= 0.3 is 0 Å². The van der Waals surface area contributed by atoms with Crippen LogP contribution in [0.3, 0.4) is 0 Å². The van der Waals surface area contributed by atoms with Crippen molar-refractivity contribution >= 4 is 0 Å². The van der Waals surface area contributed by atoms with Crippen molar-refractivity contribution in [1.29, 1.82) is 0 Å². The second kappa shape index (κ2) is 8.36. The van der Waals surface area contributed by atoms with Crippen LogP contribution in [0.25, 0.3) is 11.1 Å². The Labute approximate surface area is 149 Å². The normalized spacial score (nSPS) is 10.5. The highest BCUT2D eigenvalue weighted by atomic mass is 16.5. The fraction of sp³-hybridized carbons (Fsp3) is 0.182. The topological polar surface area (TPSA) is 44.5 Å². The number of para-hydroxylation sites is 1. The molecule has 0 saturated heterocycles. The lowest BCUT2D eigenvalue weighted by Crippen LogP contribution is -2.11. The van der Waals surface area contributed by atoms with E-state index in [4.69, 9.17) is 15.2 Å². The first-order chi connectivity index (χ1) is 12.3. The highest BCUT2D eigenvalue weighted by molar-refractivity contribution is 5.71. The highest BCUT2D eigenvalue weighted by Crippen LogP contribution is 2.33. The van der Waals surface area contributed by atoms with Gasteiger partial charge in [-0.2, -0.15) is 0 Å². The second-order valence-corrected chi connectivity index (χ2v) is 5.89. The average Bonchev–Trinajstić information content (AvgIpc) is 2.66. The van der Waals surface area contributed by atoms with Crippen LogP contribution in [-0.2, 0) is 6.61 Å². The van der Waals surface area contributed by atoms with Crippen molar-refractivity contribution in [2.75, 3.05) is 13.2 Å². The molecule has 128 valence electrons. The van der Waals surface area contributed by atoms with Gasteiger partial charge in [0.2, 0.25) is 0 Å². The first kappa shape index (κ1) is 17.1. The molecule has 0 aromatic heterocycles. The van der Waals surface area contributed by atoms with Crippen LogP contribution in [0.2, 0.25) is 0 Å². The van der Waals surface area contributed by atoms with Crippen LogP contribution in [0.15, 0.2) is 72.8 Å². The maximum Gasteiger partial charge on any atom is 0.127 e. The Bertz CT molecular complexity index is 815. The molecule has 0 atom stereocenters. The maximum atomic E-state index is 6.06. The molecule has 2 N–H and O–H groups in total. The Morgan fingerprint density at radius 1 is 0.800 bits per heavy atom. The van der Waals surface area contributed by atoms with E-state index in [0.717, 1.165) is 33.8 Å². The van der Waals surface area contributed by atoms with E-state index in [1.165, 1.54) is 0 Å². The Hall–Kier alpha value is -2.78. The third-order valence-corrected chi connectivity index (χ3v) is 3.99. The molecule has 25 heavy (non-hydrogen) atoms. The lowest BCUT2D eigenvalue weighted by Gasteiger charge is -2.14. The van der Waals surface area contributed by atoms with E-state index in [1.54, 1.807) is 0 Å². The van der Waals surface area contributed by atoms with Crippen molar-refractivity contribution in [3.05, 3.63) is 83.9 Å². The van der Waals surface area contributed by atoms with Gasteiger partial charge in [-0.25, -0.2) is 0 Å². The smallest absolute Gasteiger partial charge is 0.127 e. The van der Waals surface area contributed by atoms with Gasteiger partial charge in [-0.15, -0.1) is 0 Å². The van der Waals surface area contributed by atoms with Gasteiger partial charge in [0.15, 0.2) is 0 Å². The van der Waals surface area contributed by atoms with Crippen LogP contribution in [0.1, 0.15) is 11.1 Å². The van der Waals surface area contributed by atoms with E-state index >= 15 is 0 Å². The minimum atomic E-state index is 0.511. The molecule has 0 aliphatic heterocycles. The summed E-state index contributed by atoms with van der Waals surface area (Å²) in [5.74, 6) is 1.75. The molecular weight excluding hydrogens is 310 g/mol. The minimum Gasteiger partial charge on any atom is -0.492 e. The first-order valence-electron chi connectivity index (χ1n) is 8.47. The predicted octanol–water partition coefficient (Wildman–Crippen LogP) is 4.58. The molecule has 0 aliphatic carbocycles. The van der Waals surface area contributed by atoms with E-state index in [-0.39, 0.29) is 0 Å². The number of rotatable bonds is 7. The molecule has 0 unspecified atom stereocenters. The quantitative estimate of drug-likeness (QED) is 0.688. The zero-order valence-electron chi connectivity index (χ0n) is 14.4. The van der Waals surface area contributed by atoms with Gasteiger partial charge in [0.25, 0.3) is 0 Å². The number of nitrogens with two attached hydrogens (primary N) is 1. The molecule has 3 nitrogen and oxygen atoms in total. The van der Waals surface area contributed by atoms with Gasteiger partial charge < -0.3 is 15.2 Å². The predicted molar refractivity (Wildman–Crippen MR) is 102 cm³/mol. The fourth-order valence-electron chi connectivity index (χ4n) is 2.71. The van der Waals surface area contributed by atoms with Crippen LogP contribution in [0, 0.1) is 6.92 Å². The lowest BCUT2D eigenvalue weighted by molar-refractivity contribution is 0.307. The van der Waals surface area contributed by atoms with Crippen LogP contribution in [0.4, 0.5) is 0 Å². The number of hydrogen-bond acceptors (Lipinski definition) is 3. The van der Waals surface area contributed by atoms with E-state index in [1.807, 2.05) is 49.4 Å². The number of hydrogen-bond donors (Lipinski definition) is 1. The lowest BCUT2D eigenvalue weighted by atomic mass is 10.0. The largest absolute Gasteiger partial charge is 0.492 e. The molecule has 0 aliphatic rings. The van der Waals surface area contributed by atoms with E-state index in [9.17, 15) is 0 Å². The summed E-state index contributed by atoms with van der Waals surface area (Å²) < 4.78 is 11.7. The molecule has 3 aromatic rings. The molecule has 0 amide bonds. The van der Waals surface area contributed by atoms with Crippen molar-refractivity contribution in [3.63, 3.8) is 0 Å². The zero-order valence-corrected chi connectivity index (χ0v) is 14.4. The van der Waals surface area contributed by atoms with Gasteiger partial charge in [-0.3, -0.25) is 0 Å². The summed E-state index contributed by atoms with van der Waals surface area (Å²) in [5.41, 5.74) is 9.93. The second-order valence-electron chi connectivity index (χ2n) is 5.89. The van der Waals surface area contributed by atoms with Crippen molar-refractivity contribution in [2.45, 2.75) is 13.5 Å². The van der Waals surface area contributed by atoms with Gasteiger partial charge in [0.1, 0.15) is 24.7 Å². The fourth-order valence-corrected chi connectivity index (χ4v) is 2.71. The summed E-state index contributed by atoms with van der Waals surface area (Å²) in [6.45, 7) is 3.63. The van der Waals surface area contributed by atoms with Gasteiger partial charge in [-0.1, -0.05) is 54.6 Å². The zero-order chi connectivity index (χ0) is 17.5. The van der Waals surface area contributed by atoms with E-state index < -0.39 is 0 Å². The Kier molecular flexibility index (Phi) is 5.70. The van der Waals surface area contributed by atoms with E-state index in [0.29, 0.717) is 19.8 Å². The number of aryl methyl sites for hydroxylation is 1. The van der Waals surface area contributed by atoms with Gasteiger partial charge in [0.05, 0.1) is 0 Å².